The van der Waals surface area contributed by atoms with Crippen LogP contribution in [-0.4, -0.2) is 25.1 Å². The lowest BCUT2D eigenvalue weighted by atomic mass is 10.0. The topological polar surface area (TPSA) is 64.3 Å². The van der Waals surface area contributed by atoms with Gasteiger partial charge in [-0.2, -0.15) is 0 Å². The van der Waals surface area contributed by atoms with Gasteiger partial charge in [-0.05, 0) is 59.2 Å². The van der Waals surface area contributed by atoms with Crippen molar-refractivity contribution in [1.29, 1.82) is 0 Å². The second kappa shape index (κ2) is 7.80. The van der Waals surface area contributed by atoms with Crippen LogP contribution >= 0.6 is 15.9 Å². The predicted octanol–water partition coefficient (Wildman–Crippen LogP) is 2.63. The minimum Gasteiger partial charge on any atom is -0.482 e. The minimum absolute atomic E-state index is 0.0453. The summed E-state index contributed by atoms with van der Waals surface area (Å²) in [5, 5.41) is 2.90. The highest BCUT2D eigenvalue weighted by atomic mass is 79.9. The monoisotopic (exact) mass is 354 g/mol. The number of ether oxygens (including phenoxy) is 1. The van der Waals surface area contributed by atoms with Gasteiger partial charge in [0.05, 0.1) is 4.47 Å². The van der Waals surface area contributed by atoms with Crippen molar-refractivity contribution in [1.82, 2.24) is 5.32 Å². The lowest BCUT2D eigenvalue weighted by Gasteiger charge is -2.15. The van der Waals surface area contributed by atoms with E-state index in [1.165, 1.54) is 12.8 Å². The van der Waals surface area contributed by atoms with Gasteiger partial charge in [-0.25, -0.2) is 0 Å². The molecule has 1 atom stereocenters. The van der Waals surface area contributed by atoms with Crippen LogP contribution in [0.15, 0.2) is 22.7 Å². The summed E-state index contributed by atoms with van der Waals surface area (Å²) in [6, 6.07) is 5.98. The SMILES string of the molecule is CCC(N)Cc1cccc(Br)c1OCC(=O)NCC1CC1. The third kappa shape index (κ3) is 5.32. The quantitative estimate of drug-likeness (QED) is 0.754. The van der Waals surface area contributed by atoms with Crippen LogP contribution in [0, 0.1) is 5.92 Å². The van der Waals surface area contributed by atoms with Crippen molar-refractivity contribution in [2.75, 3.05) is 13.2 Å². The number of carbonyl (C=O) groups is 1. The summed E-state index contributed by atoms with van der Waals surface area (Å²) < 4.78 is 6.57. The second-order valence-corrected chi connectivity index (χ2v) is 6.49. The highest BCUT2D eigenvalue weighted by molar-refractivity contribution is 9.10. The molecule has 2 rings (SSSR count). The summed E-state index contributed by atoms with van der Waals surface area (Å²) in [5.74, 6) is 1.34. The zero-order chi connectivity index (χ0) is 15.2. The van der Waals surface area contributed by atoms with E-state index >= 15 is 0 Å². The largest absolute Gasteiger partial charge is 0.482 e. The van der Waals surface area contributed by atoms with Gasteiger partial charge < -0.3 is 15.8 Å². The average molecular weight is 355 g/mol. The summed E-state index contributed by atoms with van der Waals surface area (Å²) in [6.45, 7) is 2.88. The molecule has 0 bridgehead atoms. The second-order valence-electron chi connectivity index (χ2n) is 5.64. The van der Waals surface area contributed by atoms with Crippen LogP contribution < -0.4 is 15.8 Å². The Morgan fingerprint density at radius 1 is 1.52 bits per heavy atom. The Bertz CT molecular complexity index is 489. The summed E-state index contributed by atoms with van der Waals surface area (Å²) >= 11 is 3.48. The first kappa shape index (κ1) is 16.3. The molecule has 1 fully saturated rings. The van der Waals surface area contributed by atoms with Crippen LogP contribution in [-0.2, 0) is 11.2 Å². The van der Waals surface area contributed by atoms with Crippen LogP contribution in [0.1, 0.15) is 31.7 Å². The van der Waals surface area contributed by atoms with Gasteiger partial charge in [0, 0.05) is 12.6 Å². The van der Waals surface area contributed by atoms with Crippen molar-refractivity contribution in [3.05, 3.63) is 28.2 Å². The minimum atomic E-state index is -0.0663. The molecule has 1 saturated carbocycles. The zero-order valence-corrected chi connectivity index (χ0v) is 14.0. The van der Waals surface area contributed by atoms with Gasteiger partial charge in [0.15, 0.2) is 6.61 Å². The normalized spacial score (nSPS) is 15.6. The third-order valence-electron chi connectivity index (χ3n) is 3.69. The molecule has 0 saturated heterocycles. The summed E-state index contributed by atoms with van der Waals surface area (Å²) in [5.41, 5.74) is 7.05. The molecule has 0 heterocycles. The molecule has 1 aromatic rings. The molecule has 1 aromatic carbocycles. The number of benzene rings is 1. The third-order valence-corrected chi connectivity index (χ3v) is 4.31. The highest BCUT2D eigenvalue weighted by Gasteiger charge is 2.21. The van der Waals surface area contributed by atoms with Gasteiger partial charge in [0.25, 0.3) is 5.91 Å². The fourth-order valence-electron chi connectivity index (χ4n) is 2.07. The molecule has 21 heavy (non-hydrogen) atoms. The fraction of sp³-hybridized carbons (Fsp3) is 0.562. The van der Waals surface area contributed by atoms with Gasteiger partial charge >= 0.3 is 0 Å². The van der Waals surface area contributed by atoms with E-state index in [1.807, 2.05) is 18.2 Å². The Balaban J connectivity index is 1.92. The molecule has 116 valence electrons. The Morgan fingerprint density at radius 3 is 2.95 bits per heavy atom. The van der Waals surface area contributed by atoms with Gasteiger partial charge in [-0.1, -0.05) is 19.1 Å². The number of hydrogen-bond acceptors (Lipinski definition) is 3. The predicted molar refractivity (Wildman–Crippen MR) is 87.3 cm³/mol. The van der Waals surface area contributed by atoms with E-state index in [2.05, 4.69) is 28.2 Å². The van der Waals surface area contributed by atoms with Crippen molar-refractivity contribution in [2.24, 2.45) is 11.7 Å². The maximum Gasteiger partial charge on any atom is 0.257 e. The van der Waals surface area contributed by atoms with Gasteiger partial charge in [0.2, 0.25) is 0 Å². The van der Waals surface area contributed by atoms with Crippen molar-refractivity contribution < 1.29 is 9.53 Å². The Morgan fingerprint density at radius 2 is 2.29 bits per heavy atom. The number of nitrogens with one attached hydrogen (secondary N) is 1. The fourth-order valence-corrected chi connectivity index (χ4v) is 2.59. The Kier molecular flexibility index (Phi) is 6.06. The van der Waals surface area contributed by atoms with E-state index in [4.69, 9.17) is 10.5 Å². The first-order chi connectivity index (χ1) is 10.1. The first-order valence-corrected chi connectivity index (χ1v) is 8.32. The molecule has 0 spiro atoms. The Hall–Kier alpha value is -1.07. The average Bonchev–Trinajstić information content (AvgIpc) is 3.28. The smallest absolute Gasteiger partial charge is 0.257 e. The molecule has 4 nitrogen and oxygen atoms in total. The van der Waals surface area contributed by atoms with Gasteiger partial charge in [0.1, 0.15) is 5.75 Å². The first-order valence-electron chi connectivity index (χ1n) is 7.52. The standard InChI is InChI=1S/C16H23BrN2O2/c1-2-13(18)8-12-4-3-5-14(17)16(12)21-10-15(20)19-9-11-6-7-11/h3-5,11,13H,2,6-10,18H2,1H3,(H,19,20). The maximum atomic E-state index is 11.8. The van der Waals surface area contributed by atoms with Crippen molar-refractivity contribution in [3.8, 4) is 5.75 Å². The molecule has 0 aromatic heterocycles. The van der Waals surface area contributed by atoms with Gasteiger partial charge in [-0.15, -0.1) is 0 Å². The molecule has 1 unspecified atom stereocenters. The van der Waals surface area contributed by atoms with Crippen LogP contribution in [0.4, 0.5) is 0 Å². The number of amides is 1. The van der Waals surface area contributed by atoms with Crippen molar-refractivity contribution in [3.63, 3.8) is 0 Å². The summed E-state index contributed by atoms with van der Waals surface area (Å²) in [4.78, 5) is 11.8. The van der Waals surface area contributed by atoms with E-state index < -0.39 is 0 Å². The molecule has 5 heteroatoms. The molecular formula is C16H23BrN2O2. The lowest BCUT2D eigenvalue weighted by molar-refractivity contribution is -0.123. The van der Waals surface area contributed by atoms with Crippen LogP contribution in [0.2, 0.25) is 0 Å². The maximum absolute atomic E-state index is 11.8. The van der Waals surface area contributed by atoms with Gasteiger partial charge in [-0.3, -0.25) is 4.79 Å². The number of nitrogens with two attached hydrogens (primary N) is 1. The van der Waals surface area contributed by atoms with E-state index in [-0.39, 0.29) is 18.6 Å². The molecule has 0 aliphatic heterocycles. The summed E-state index contributed by atoms with van der Waals surface area (Å²) in [7, 11) is 0. The lowest BCUT2D eigenvalue weighted by Crippen LogP contribution is -2.30. The van der Waals surface area contributed by atoms with Crippen LogP contribution in [0.25, 0.3) is 0 Å². The number of rotatable bonds is 8. The summed E-state index contributed by atoms with van der Waals surface area (Å²) in [6.07, 6.45) is 4.11. The molecule has 1 aliphatic rings. The van der Waals surface area contributed by atoms with Crippen molar-refractivity contribution in [2.45, 2.75) is 38.6 Å². The number of hydrogen-bond donors (Lipinski definition) is 2. The molecular weight excluding hydrogens is 332 g/mol. The zero-order valence-electron chi connectivity index (χ0n) is 12.4. The van der Waals surface area contributed by atoms with Crippen LogP contribution in [0.5, 0.6) is 5.75 Å². The molecule has 3 N–H and O–H groups in total. The number of para-hydroxylation sites is 1. The number of halogens is 1. The van der Waals surface area contributed by atoms with Crippen LogP contribution in [0.3, 0.4) is 0 Å². The van der Waals surface area contributed by atoms with E-state index in [9.17, 15) is 4.79 Å². The van der Waals surface area contributed by atoms with E-state index in [0.29, 0.717) is 5.92 Å². The van der Waals surface area contributed by atoms with Crippen molar-refractivity contribution >= 4 is 21.8 Å². The number of carbonyl (C=O) groups excluding carboxylic acids is 1. The highest BCUT2D eigenvalue weighted by Crippen LogP contribution is 2.30. The Labute approximate surface area is 134 Å². The van der Waals surface area contributed by atoms with E-state index in [0.717, 1.165) is 35.2 Å². The van der Waals surface area contributed by atoms with E-state index in [1.54, 1.807) is 0 Å². The molecule has 1 amide bonds. The molecule has 0 radical (unpaired) electrons. The molecule has 1 aliphatic carbocycles.